The van der Waals surface area contributed by atoms with E-state index in [1.807, 2.05) is 6.07 Å². The topological polar surface area (TPSA) is 106 Å². The van der Waals surface area contributed by atoms with Gasteiger partial charge in [0, 0.05) is 36.0 Å². The molecule has 0 saturated heterocycles. The van der Waals surface area contributed by atoms with Gasteiger partial charge in [0.2, 0.25) is 0 Å². The number of pyridine rings is 1. The lowest BCUT2D eigenvalue weighted by atomic mass is 10.1. The zero-order valence-electron chi connectivity index (χ0n) is 17.0. The minimum Gasteiger partial charge on any atom is -0.456 e. The van der Waals surface area contributed by atoms with Crippen molar-refractivity contribution < 1.29 is 21.9 Å². The highest BCUT2D eigenvalue weighted by Crippen LogP contribution is 2.30. The molecular formula is C23H14F2N4O3S. The predicted molar refractivity (Wildman–Crippen MR) is 115 cm³/mol. The standard InChI is InChI=1S/C23H14F2N4O3S/c1-33(30,31)19-12-28-23(29-13-19)20-4-3-17(6-15(20)9-26)32-18-7-16(10-27-11-18)14-2-5-21(24)22(25)8-14/h2-8,10-13H,1H3. The van der Waals surface area contributed by atoms with Gasteiger partial charge < -0.3 is 4.74 Å². The number of nitrogens with zero attached hydrogens (tertiary/aromatic N) is 4. The molecule has 0 unspecified atom stereocenters. The van der Waals surface area contributed by atoms with Crippen LogP contribution in [-0.2, 0) is 9.84 Å². The van der Waals surface area contributed by atoms with Gasteiger partial charge in [-0.1, -0.05) is 6.07 Å². The fraction of sp³-hybridized carbons (Fsp3) is 0.0435. The Morgan fingerprint density at radius 3 is 2.30 bits per heavy atom. The number of nitriles is 1. The highest BCUT2D eigenvalue weighted by molar-refractivity contribution is 7.90. The molecular weight excluding hydrogens is 450 g/mol. The summed E-state index contributed by atoms with van der Waals surface area (Å²) in [5.41, 5.74) is 1.56. The van der Waals surface area contributed by atoms with Gasteiger partial charge in [-0.25, -0.2) is 27.2 Å². The Bertz CT molecular complexity index is 1500. The number of rotatable bonds is 5. The maximum atomic E-state index is 13.6. The summed E-state index contributed by atoms with van der Waals surface area (Å²) in [4.78, 5) is 12.1. The molecule has 0 amide bonds. The monoisotopic (exact) mass is 464 g/mol. The van der Waals surface area contributed by atoms with Crippen LogP contribution in [0.3, 0.4) is 0 Å². The Kier molecular flexibility index (Phi) is 5.81. The number of aromatic nitrogens is 3. The lowest BCUT2D eigenvalue weighted by Gasteiger charge is -2.10. The van der Waals surface area contributed by atoms with Crippen molar-refractivity contribution in [2.45, 2.75) is 4.90 Å². The third kappa shape index (κ3) is 4.83. The number of hydrogen-bond donors (Lipinski definition) is 0. The Hall–Kier alpha value is -4.23. The first-order valence-corrected chi connectivity index (χ1v) is 11.3. The van der Waals surface area contributed by atoms with Gasteiger partial charge in [-0.2, -0.15) is 5.26 Å². The van der Waals surface area contributed by atoms with Gasteiger partial charge in [0.25, 0.3) is 0 Å². The lowest BCUT2D eigenvalue weighted by Crippen LogP contribution is -2.00. The molecule has 0 bridgehead atoms. The Labute approximate surface area is 187 Å². The van der Waals surface area contributed by atoms with Crippen molar-refractivity contribution in [3.8, 4) is 40.1 Å². The van der Waals surface area contributed by atoms with Crippen LogP contribution in [0.2, 0.25) is 0 Å². The van der Waals surface area contributed by atoms with E-state index in [4.69, 9.17) is 4.74 Å². The Balaban J connectivity index is 1.61. The van der Waals surface area contributed by atoms with E-state index in [9.17, 15) is 22.5 Å². The van der Waals surface area contributed by atoms with Crippen LogP contribution < -0.4 is 4.74 Å². The van der Waals surface area contributed by atoms with Crippen molar-refractivity contribution in [2.24, 2.45) is 0 Å². The molecule has 2 aromatic carbocycles. The first-order chi connectivity index (χ1) is 15.7. The third-order valence-electron chi connectivity index (χ3n) is 4.61. The van der Waals surface area contributed by atoms with Crippen LogP contribution >= 0.6 is 0 Å². The highest BCUT2D eigenvalue weighted by Gasteiger charge is 2.13. The normalized spacial score (nSPS) is 11.1. The van der Waals surface area contributed by atoms with E-state index >= 15 is 0 Å². The van der Waals surface area contributed by atoms with Crippen LogP contribution in [0.5, 0.6) is 11.5 Å². The van der Waals surface area contributed by atoms with Crippen molar-refractivity contribution in [3.05, 3.63) is 84.4 Å². The second kappa shape index (κ2) is 8.72. The van der Waals surface area contributed by atoms with Crippen molar-refractivity contribution in [3.63, 3.8) is 0 Å². The van der Waals surface area contributed by atoms with E-state index in [0.29, 0.717) is 28.2 Å². The average molecular weight is 464 g/mol. The zero-order valence-corrected chi connectivity index (χ0v) is 17.8. The molecule has 4 aromatic rings. The molecule has 2 aromatic heterocycles. The second-order valence-corrected chi connectivity index (χ2v) is 8.99. The summed E-state index contributed by atoms with van der Waals surface area (Å²) < 4.78 is 55.7. The maximum Gasteiger partial charge on any atom is 0.178 e. The summed E-state index contributed by atoms with van der Waals surface area (Å²) in [5.74, 6) is -1.08. The molecule has 0 N–H and O–H groups in total. The van der Waals surface area contributed by atoms with E-state index in [1.54, 1.807) is 18.2 Å². The number of sulfone groups is 1. The molecule has 0 spiro atoms. The quantitative estimate of drug-likeness (QED) is 0.426. The van der Waals surface area contributed by atoms with Crippen molar-refractivity contribution in [1.82, 2.24) is 15.0 Å². The van der Waals surface area contributed by atoms with Crippen molar-refractivity contribution in [1.29, 1.82) is 5.26 Å². The van der Waals surface area contributed by atoms with Crippen LogP contribution in [0.15, 0.2) is 72.1 Å². The van der Waals surface area contributed by atoms with Crippen LogP contribution in [0.1, 0.15) is 5.56 Å². The largest absolute Gasteiger partial charge is 0.456 e. The average Bonchev–Trinajstić information content (AvgIpc) is 2.80. The summed E-state index contributed by atoms with van der Waals surface area (Å²) >= 11 is 0. The van der Waals surface area contributed by atoms with Gasteiger partial charge in [-0.3, -0.25) is 4.98 Å². The fourth-order valence-electron chi connectivity index (χ4n) is 2.97. The van der Waals surface area contributed by atoms with E-state index in [1.165, 1.54) is 36.9 Å². The molecule has 4 rings (SSSR count). The van der Waals surface area contributed by atoms with Crippen molar-refractivity contribution in [2.75, 3.05) is 6.26 Å². The lowest BCUT2D eigenvalue weighted by molar-refractivity contribution is 0.480. The molecule has 0 radical (unpaired) electrons. The van der Waals surface area contributed by atoms with E-state index in [-0.39, 0.29) is 16.3 Å². The summed E-state index contributed by atoms with van der Waals surface area (Å²) in [6, 6.07) is 11.8. The summed E-state index contributed by atoms with van der Waals surface area (Å²) in [7, 11) is -3.44. The zero-order chi connectivity index (χ0) is 23.6. The van der Waals surface area contributed by atoms with Crippen LogP contribution in [0.25, 0.3) is 22.5 Å². The minimum atomic E-state index is -3.44. The van der Waals surface area contributed by atoms with Gasteiger partial charge in [0.1, 0.15) is 22.5 Å². The Morgan fingerprint density at radius 2 is 1.64 bits per heavy atom. The maximum absolute atomic E-state index is 13.6. The molecule has 0 saturated carbocycles. The molecule has 0 aliphatic heterocycles. The minimum absolute atomic E-state index is 0.0295. The van der Waals surface area contributed by atoms with Gasteiger partial charge in [-0.15, -0.1) is 0 Å². The third-order valence-corrected chi connectivity index (χ3v) is 5.68. The van der Waals surface area contributed by atoms with Crippen LogP contribution in [-0.4, -0.2) is 29.6 Å². The van der Waals surface area contributed by atoms with E-state index in [0.717, 1.165) is 18.4 Å². The van der Waals surface area contributed by atoms with Crippen LogP contribution in [0, 0.1) is 23.0 Å². The molecule has 7 nitrogen and oxygen atoms in total. The summed E-state index contributed by atoms with van der Waals surface area (Å²) in [6.07, 6.45) is 6.34. The molecule has 164 valence electrons. The molecule has 10 heteroatoms. The number of halogens is 2. The van der Waals surface area contributed by atoms with E-state index < -0.39 is 21.5 Å². The Morgan fingerprint density at radius 1 is 0.879 bits per heavy atom. The van der Waals surface area contributed by atoms with Gasteiger partial charge >= 0.3 is 0 Å². The number of benzene rings is 2. The fourth-order valence-corrected chi connectivity index (χ4v) is 3.45. The number of ether oxygens (including phenoxy) is 1. The molecule has 33 heavy (non-hydrogen) atoms. The molecule has 0 fully saturated rings. The smallest absolute Gasteiger partial charge is 0.178 e. The molecule has 0 aliphatic rings. The highest BCUT2D eigenvalue weighted by atomic mass is 32.2. The molecule has 0 aliphatic carbocycles. The number of hydrogen-bond acceptors (Lipinski definition) is 7. The van der Waals surface area contributed by atoms with Gasteiger partial charge in [0.15, 0.2) is 27.3 Å². The SMILES string of the molecule is CS(=O)(=O)c1cnc(-c2ccc(Oc3cncc(-c4ccc(F)c(F)c4)c3)cc2C#N)nc1. The van der Waals surface area contributed by atoms with Gasteiger partial charge in [0.05, 0.1) is 11.8 Å². The molecule has 0 atom stereocenters. The first-order valence-electron chi connectivity index (χ1n) is 9.39. The second-order valence-electron chi connectivity index (χ2n) is 6.97. The molecule has 2 heterocycles. The van der Waals surface area contributed by atoms with Crippen LogP contribution in [0.4, 0.5) is 8.78 Å². The van der Waals surface area contributed by atoms with Crippen molar-refractivity contribution >= 4 is 9.84 Å². The summed E-state index contributed by atoms with van der Waals surface area (Å²) in [6.45, 7) is 0. The van der Waals surface area contributed by atoms with E-state index in [2.05, 4.69) is 15.0 Å². The summed E-state index contributed by atoms with van der Waals surface area (Å²) in [5, 5.41) is 9.56. The first kappa shape index (κ1) is 22.0. The van der Waals surface area contributed by atoms with Gasteiger partial charge in [-0.05, 0) is 42.0 Å². The predicted octanol–water partition coefficient (Wildman–Crippen LogP) is 4.55.